The van der Waals surface area contributed by atoms with Crippen LogP contribution in [0.5, 0.6) is 0 Å². The summed E-state index contributed by atoms with van der Waals surface area (Å²) in [5.41, 5.74) is 8.55. The molecule has 3 rings (SSSR count). The van der Waals surface area contributed by atoms with Crippen LogP contribution in [0.15, 0.2) is 4.42 Å². The number of aromatic nitrogens is 1. The van der Waals surface area contributed by atoms with Gasteiger partial charge < -0.3 is 24.5 Å². The van der Waals surface area contributed by atoms with E-state index in [0.717, 1.165) is 16.9 Å². The van der Waals surface area contributed by atoms with E-state index in [4.69, 9.17) is 19.6 Å². The molecule has 7 heteroatoms. The summed E-state index contributed by atoms with van der Waals surface area (Å²) in [4.78, 5) is 18.5. The van der Waals surface area contributed by atoms with Gasteiger partial charge in [0.05, 0.1) is 29.9 Å². The summed E-state index contributed by atoms with van der Waals surface area (Å²) in [6.07, 6.45) is 0.661. The predicted octanol–water partition coefficient (Wildman–Crippen LogP) is 2.50. The zero-order valence-corrected chi connectivity index (χ0v) is 14.7. The monoisotopic (exact) mass is 333 g/mol. The Hall–Kier alpha value is -2.28. The molecular formula is C17H23N3O4. The van der Waals surface area contributed by atoms with Crippen molar-refractivity contribution in [2.24, 2.45) is 0 Å². The molecule has 2 aromatic heterocycles. The number of hydrogen-bond acceptors (Lipinski definition) is 7. The molecule has 0 unspecified atom stereocenters. The van der Waals surface area contributed by atoms with Crippen molar-refractivity contribution in [1.82, 2.24) is 4.98 Å². The second kappa shape index (κ2) is 5.66. The summed E-state index contributed by atoms with van der Waals surface area (Å²) in [5, 5.41) is 0.690. The van der Waals surface area contributed by atoms with Crippen molar-refractivity contribution >= 4 is 28.6 Å². The summed E-state index contributed by atoms with van der Waals surface area (Å²) in [7, 11) is 3.82. The number of carbonyl (C=O) groups is 1. The SMILES string of the molecule is CCOC(=O)c1oc2nc(N(C)C)c3c(c2c1N)CC(C)(C)OC3. The Kier molecular flexibility index (Phi) is 3.91. The van der Waals surface area contributed by atoms with Crippen LogP contribution in [0.3, 0.4) is 0 Å². The number of pyridine rings is 1. The average molecular weight is 333 g/mol. The number of nitrogens with two attached hydrogens (primary N) is 1. The van der Waals surface area contributed by atoms with Gasteiger partial charge in [0.25, 0.3) is 0 Å². The first-order valence-electron chi connectivity index (χ1n) is 7.97. The van der Waals surface area contributed by atoms with E-state index >= 15 is 0 Å². The molecule has 0 bridgehead atoms. The summed E-state index contributed by atoms with van der Waals surface area (Å²) in [6.45, 7) is 6.49. The molecule has 1 aliphatic heterocycles. The highest BCUT2D eigenvalue weighted by Crippen LogP contribution is 2.41. The maximum atomic E-state index is 12.1. The Morgan fingerprint density at radius 3 is 2.71 bits per heavy atom. The molecule has 24 heavy (non-hydrogen) atoms. The van der Waals surface area contributed by atoms with Crippen molar-refractivity contribution in [3.05, 3.63) is 16.9 Å². The van der Waals surface area contributed by atoms with Crippen molar-refractivity contribution in [2.75, 3.05) is 31.3 Å². The van der Waals surface area contributed by atoms with Gasteiger partial charge >= 0.3 is 5.97 Å². The maximum absolute atomic E-state index is 12.1. The van der Waals surface area contributed by atoms with Gasteiger partial charge in [-0.15, -0.1) is 0 Å². The summed E-state index contributed by atoms with van der Waals surface area (Å²) in [5.74, 6) is 0.207. The fourth-order valence-electron chi connectivity index (χ4n) is 3.06. The van der Waals surface area contributed by atoms with Gasteiger partial charge in [0.1, 0.15) is 5.82 Å². The van der Waals surface area contributed by atoms with Crippen LogP contribution in [0.25, 0.3) is 11.1 Å². The van der Waals surface area contributed by atoms with E-state index in [9.17, 15) is 4.79 Å². The number of rotatable bonds is 3. The average Bonchev–Trinajstić information content (AvgIpc) is 2.83. The third-order valence-electron chi connectivity index (χ3n) is 4.16. The van der Waals surface area contributed by atoms with Crippen molar-refractivity contribution in [2.45, 2.75) is 39.4 Å². The molecule has 2 N–H and O–H groups in total. The number of nitrogens with zero attached hydrogens (tertiary/aromatic N) is 2. The van der Waals surface area contributed by atoms with E-state index in [-0.39, 0.29) is 23.7 Å². The molecular weight excluding hydrogens is 310 g/mol. The molecule has 0 saturated heterocycles. The minimum absolute atomic E-state index is 0.0155. The van der Waals surface area contributed by atoms with Gasteiger partial charge in [-0.3, -0.25) is 0 Å². The van der Waals surface area contributed by atoms with Crippen molar-refractivity contribution < 1.29 is 18.7 Å². The normalized spacial score (nSPS) is 16.0. The van der Waals surface area contributed by atoms with Crippen LogP contribution >= 0.6 is 0 Å². The van der Waals surface area contributed by atoms with Gasteiger partial charge in [0.15, 0.2) is 0 Å². The van der Waals surface area contributed by atoms with E-state index in [1.54, 1.807) is 6.92 Å². The fourth-order valence-corrected chi connectivity index (χ4v) is 3.06. The van der Waals surface area contributed by atoms with Gasteiger partial charge in [-0.2, -0.15) is 4.98 Å². The molecule has 2 aromatic rings. The largest absolute Gasteiger partial charge is 0.460 e. The number of esters is 1. The Labute approximate surface area is 140 Å². The van der Waals surface area contributed by atoms with E-state index in [0.29, 0.717) is 24.1 Å². The van der Waals surface area contributed by atoms with Crippen LogP contribution in [0, 0.1) is 0 Å². The quantitative estimate of drug-likeness (QED) is 0.863. The molecule has 3 heterocycles. The number of nitrogen functional groups attached to an aromatic ring is 1. The van der Waals surface area contributed by atoms with E-state index < -0.39 is 5.97 Å². The Bertz CT molecular complexity index is 808. The van der Waals surface area contributed by atoms with Crippen LogP contribution < -0.4 is 10.6 Å². The fraction of sp³-hybridized carbons (Fsp3) is 0.529. The van der Waals surface area contributed by atoms with Crippen LogP contribution in [0.2, 0.25) is 0 Å². The number of hydrogen-bond donors (Lipinski definition) is 1. The lowest BCUT2D eigenvalue weighted by atomic mass is 9.90. The number of carbonyl (C=O) groups excluding carboxylic acids is 1. The van der Waals surface area contributed by atoms with Gasteiger partial charge in [0.2, 0.25) is 11.5 Å². The molecule has 7 nitrogen and oxygen atoms in total. The minimum Gasteiger partial charge on any atom is -0.460 e. The van der Waals surface area contributed by atoms with Gasteiger partial charge in [-0.25, -0.2) is 4.79 Å². The summed E-state index contributed by atoms with van der Waals surface area (Å²) in [6, 6.07) is 0. The molecule has 0 fully saturated rings. The van der Waals surface area contributed by atoms with Crippen LogP contribution in [-0.4, -0.2) is 37.3 Å². The first-order valence-corrected chi connectivity index (χ1v) is 7.97. The lowest BCUT2D eigenvalue weighted by Crippen LogP contribution is -2.33. The number of ether oxygens (including phenoxy) is 2. The first kappa shape index (κ1) is 16.6. The van der Waals surface area contributed by atoms with E-state index in [1.165, 1.54) is 0 Å². The Balaban J connectivity index is 2.28. The third-order valence-corrected chi connectivity index (χ3v) is 4.16. The lowest BCUT2D eigenvalue weighted by molar-refractivity contribution is -0.0395. The Morgan fingerprint density at radius 2 is 2.08 bits per heavy atom. The van der Waals surface area contributed by atoms with Crippen LogP contribution in [0.1, 0.15) is 42.5 Å². The molecule has 0 aromatic carbocycles. The van der Waals surface area contributed by atoms with E-state index in [1.807, 2.05) is 32.8 Å². The molecule has 0 radical (unpaired) electrons. The molecule has 0 aliphatic carbocycles. The highest BCUT2D eigenvalue weighted by molar-refractivity contribution is 6.04. The lowest BCUT2D eigenvalue weighted by Gasteiger charge is -2.33. The van der Waals surface area contributed by atoms with Crippen LogP contribution in [0.4, 0.5) is 11.5 Å². The second-order valence-electron chi connectivity index (χ2n) is 6.76. The van der Waals surface area contributed by atoms with Gasteiger partial charge in [0, 0.05) is 26.1 Å². The molecule has 0 atom stereocenters. The zero-order valence-electron chi connectivity index (χ0n) is 14.7. The van der Waals surface area contributed by atoms with Crippen molar-refractivity contribution in [1.29, 1.82) is 0 Å². The van der Waals surface area contributed by atoms with Gasteiger partial charge in [-0.1, -0.05) is 0 Å². The predicted molar refractivity (Wildman–Crippen MR) is 91.3 cm³/mol. The van der Waals surface area contributed by atoms with Crippen molar-refractivity contribution in [3.8, 4) is 0 Å². The smallest absolute Gasteiger partial charge is 0.376 e. The maximum Gasteiger partial charge on any atom is 0.376 e. The topological polar surface area (TPSA) is 90.8 Å². The summed E-state index contributed by atoms with van der Waals surface area (Å²) < 4.78 is 16.6. The minimum atomic E-state index is -0.570. The highest BCUT2D eigenvalue weighted by atomic mass is 16.5. The summed E-state index contributed by atoms with van der Waals surface area (Å²) >= 11 is 0. The zero-order chi connectivity index (χ0) is 17.6. The first-order chi connectivity index (χ1) is 11.2. The number of anilines is 2. The second-order valence-corrected chi connectivity index (χ2v) is 6.76. The van der Waals surface area contributed by atoms with Crippen LogP contribution in [-0.2, 0) is 22.5 Å². The highest BCUT2D eigenvalue weighted by Gasteiger charge is 2.33. The molecule has 0 amide bonds. The Morgan fingerprint density at radius 1 is 1.38 bits per heavy atom. The molecule has 0 spiro atoms. The third kappa shape index (κ3) is 2.58. The van der Waals surface area contributed by atoms with Gasteiger partial charge in [-0.05, 0) is 26.3 Å². The number of fused-ring (bicyclic) bond motifs is 3. The molecule has 1 aliphatic rings. The molecule has 0 saturated carbocycles. The van der Waals surface area contributed by atoms with Crippen molar-refractivity contribution in [3.63, 3.8) is 0 Å². The standard InChI is InChI=1S/C17H23N3O4/c1-6-22-16(21)13-12(18)11-9-7-17(2,3)23-8-10(9)14(20(4)5)19-15(11)24-13/h6-8,18H2,1-5H3. The molecule has 130 valence electrons. The number of furan rings is 1. The van der Waals surface area contributed by atoms with E-state index in [2.05, 4.69) is 4.98 Å².